The van der Waals surface area contributed by atoms with Crippen molar-refractivity contribution in [3.63, 3.8) is 0 Å². The molecule has 1 aliphatic rings. The minimum absolute atomic E-state index is 0.215. The molecule has 0 unspecified atom stereocenters. The molecule has 7 nitrogen and oxygen atoms in total. The van der Waals surface area contributed by atoms with Crippen LogP contribution in [0.15, 0.2) is 36.7 Å². The summed E-state index contributed by atoms with van der Waals surface area (Å²) >= 11 is 0. The molecule has 2 aromatic rings. The minimum atomic E-state index is -0.234. The number of piperazine rings is 1. The summed E-state index contributed by atoms with van der Waals surface area (Å²) in [6.07, 6.45) is 3.51. The van der Waals surface area contributed by atoms with Crippen LogP contribution in [0.3, 0.4) is 0 Å². The highest BCUT2D eigenvalue weighted by molar-refractivity contribution is 5.73. The first-order valence-corrected chi connectivity index (χ1v) is 9.13. The van der Waals surface area contributed by atoms with Crippen LogP contribution in [0.4, 0.5) is 15.1 Å². The Kier molecular flexibility index (Phi) is 6.54. The quantitative estimate of drug-likeness (QED) is 0.805. The molecule has 27 heavy (non-hydrogen) atoms. The predicted molar refractivity (Wildman–Crippen MR) is 102 cm³/mol. The maximum absolute atomic E-state index is 13.2. The average molecular weight is 372 g/mol. The first kappa shape index (κ1) is 19.0. The highest BCUT2D eigenvalue weighted by atomic mass is 19.1. The molecule has 8 heteroatoms. The Balaban J connectivity index is 1.32. The van der Waals surface area contributed by atoms with E-state index in [1.807, 2.05) is 6.07 Å². The number of nitrogens with one attached hydrogen (secondary N) is 2. The molecular formula is C19H25FN6O. The number of amides is 2. The molecule has 0 bridgehead atoms. The molecule has 3 rings (SSSR count). The molecule has 2 N–H and O–H groups in total. The van der Waals surface area contributed by atoms with Gasteiger partial charge in [-0.2, -0.15) is 0 Å². The van der Waals surface area contributed by atoms with E-state index in [1.165, 1.54) is 6.07 Å². The third-order valence-electron chi connectivity index (χ3n) is 4.60. The van der Waals surface area contributed by atoms with Crippen LogP contribution in [0.25, 0.3) is 0 Å². The monoisotopic (exact) mass is 372 g/mol. The molecule has 1 fully saturated rings. The van der Waals surface area contributed by atoms with Gasteiger partial charge in [-0.1, -0.05) is 12.1 Å². The van der Waals surface area contributed by atoms with E-state index in [0.717, 1.165) is 44.2 Å². The molecule has 0 saturated carbocycles. The molecule has 0 atom stereocenters. The number of urea groups is 1. The highest BCUT2D eigenvalue weighted by Crippen LogP contribution is 2.10. The van der Waals surface area contributed by atoms with Crippen LogP contribution in [-0.2, 0) is 6.54 Å². The average Bonchev–Trinajstić information content (AvgIpc) is 2.70. The van der Waals surface area contributed by atoms with Crippen LogP contribution < -0.4 is 15.5 Å². The first-order valence-electron chi connectivity index (χ1n) is 9.13. The first-order chi connectivity index (χ1) is 13.1. The van der Waals surface area contributed by atoms with Crippen molar-refractivity contribution in [2.24, 2.45) is 0 Å². The topological polar surface area (TPSA) is 73.4 Å². The van der Waals surface area contributed by atoms with Gasteiger partial charge in [-0.05, 0) is 30.2 Å². The summed E-state index contributed by atoms with van der Waals surface area (Å²) < 4.78 is 13.2. The van der Waals surface area contributed by atoms with E-state index in [1.54, 1.807) is 31.5 Å². The van der Waals surface area contributed by atoms with Gasteiger partial charge in [0, 0.05) is 58.2 Å². The lowest BCUT2D eigenvalue weighted by Gasteiger charge is -2.34. The minimum Gasteiger partial charge on any atom is -0.338 e. The maximum Gasteiger partial charge on any atom is 0.315 e. The number of hydrogen-bond acceptors (Lipinski definition) is 5. The van der Waals surface area contributed by atoms with Crippen LogP contribution in [0.5, 0.6) is 0 Å². The fourth-order valence-electron chi connectivity index (χ4n) is 3.02. The number of rotatable bonds is 6. The number of aromatic nitrogens is 2. The van der Waals surface area contributed by atoms with Crippen LogP contribution in [0.1, 0.15) is 11.1 Å². The summed E-state index contributed by atoms with van der Waals surface area (Å²) in [6.45, 7) is 7.04. The second-order valence-electron chi connectivity index (χ2n) is 6.57. The Morgan fingerprint density at radius 1 is 1.15 bits per heavy atom. The zero-order valence-electron chi connectivity index (χ0n) is 15.5. The lowest BCUT2D eigenvalue weighted by molar-refractivity contribution is 0.231. The summed E-state index contributed by atoms with van der Waals surface area (Å²) in [7, 11) is 0. The second kappa shape index (κ2) is 9.27. The summed E-state index contributed by atoms with van der Waals surface area (Å²) in [5.74, 6) is 0.535. The smallest absolute Gasteiger partial charge is 0.315 e. The van der Waals surface area contributed by atoms with Gasteiger partial charge < -0.3 is 15.5 Å². The molecule has 1 aliphatic heterocycles. The number of benzene rings is 1. The van der Waals surface area contributed by atoms with Gasteiger partial charge in [-0.25, -0.2) is 19.2 Å². The molecule has 1 aromatic carbocycles. The van der Waals surface area contributed by atoms with Gasteiger partial charge in [0.05, 0.1) is 0 Å². The van der Waals surface area contributed by atoms with E-state index < -0.39 is 0 Å². The third-order valence-corrected chi connectivity index (χ3v) is 4.60. The van der Waals surface area contributed by atoms with E-state index in [4.69, 9.17) is 0 Å². The van der Waals surface area contributed by atoms with Gasteiger partial charge in [-0.3, -0.25) is 4.90 Å². The van der Waals surface area contributed by atoms with Crippen LogP contribution in [0.2, 0.25) is 0 Å². The number of carbonyl (C=O) groups is 1. The predicted octanol–water partition coefficient (Wildman–Crippen LogP) is 1.55. The Bertz CT molecular complexity index is 749. The molecule has 2 amide bonds. The van der Waals surface area contributed by atoms with Gasteiger partial charge >= 0.3 is 6.03 Å². The number of hydrogen-bond donors (Lipinski definition) is 2. The Labute approximate surface area is 158 Å². The number of anilines is 1. The molecule has 1 saturated heterocycles. The van der Waals surface area contributed by atoms with Crippen molar-refractivity contribution in [3.8, 4) is 0 Å². The fraction of sp³-hybridized carbons (Fsp3) is 0.421. The molecule has 0 aliphatic carbocycles. The maximum atomic E-state index is 13.2. The molecular weight excluding hydrogens is 347 g/mol. The molecule has 0 spiro atoms. The number of carbonyl (C=O) groups excluding carboxylic acids is 1. The molecule has 2 heterocycles. The van der Waals surface area contributed by atoms with Crippen molar-refractivity contribution in [1.29, 1.82) is 0 Å². The number of aryl methyl sites for hydroxylation is 1. The van der Waals surface area contributed by atoms with Crippen molar-refractivity contribution >= 4 is 12.0 Å². The van der Waals surface area contributed by atoms with Crippen LogP contribution >= 0.6 is 0 Å². The number of nitrogens with zero attached hydrogens (tertiary/aromatic N) is 4. The Morgan fingerprint density at radius 2 is 1.89 bits per heavy atom. The van der Waals surface area contributed by atoms with Gasteiger partial charge in [0.1, 0.15) is 5.82 Å². The third kappa shape index (κ3) is 5.62. The lowest BCUT2D eigenvalue weighted by Crippen LogP contribution is -2.49. The normalized spacial score (nSPS) is 14.8. The lowest BCUT2D eigenvalue weighted by atomic mass is 10.1. The highest BCUT2D eigenvalue weighted by Gasteiger charge is 2.18. The van der Waals surface area contributed by atoms with Gasteiger partial charge in [0.2, 0.25) is 5.95 Å². The second-order valence-corrected chi connectivity index (χ2v) is 6.57. The molecule has 1 aromatic heterocycles. The van der Waals surface area contributed by atoms with Crippen LogP contribution in [0, 0.1) is 12.7 Å². The standard InChI is InChI=1S/C19H25FN6O/c1-15-13-16(3-4-17(15)20)14-24-19(27)23-7-8-25-9-11-26(12-10-25)18-21-5-2-6-22-18/h2-6,13H,7-12,14H2,1H3,(H2,23,24,27). The Morgan fingerprint density at radius 3 is 2.59 bits per heavy atom. The zero-order chi connectivity index (χ0) is 19.1. The summed E-state index contributed by atoms with van der Waals surface area (Å²) in [5.41, 5.74) is 1.46. The van der Waals surface area contributed by atoms with E-state index in [-0.39, 0.29) is 11.8 Å². The summed E-state index contributed by atoms with van der Waals surface area (Å²) in [4.78, 5) is 24.9. The van der Waals surface area contributed by atoms with E-state index in [9.17, 15) is 9.18 Å². The zero-order valence-corrected chi connectivity index (χ0v) is 15.5. The largest absolute Gasteiger partial charge is 0.338 e. The van der Waals surface area contributed by atoms with Gasteiger partial charge in [0.25, 0.3) is 0 Å². The Hall–Kier alpha value is -2.74. The van der Waals surface area contributed by atoms with Gasteiger partial charge in [-0.15, -0.1) is 0 Å². The van der Waals surface area contributed by atoms with Crippen molar-refractivity contribution in [3.05, 3.63) is 53.6 Å². The number of halogens is 1. The summed E-state index contributed by atoms with van der Waals surface area (Å²) in [6, 6.07) is 6.44. The van der Waals surface area contributed by atoms with Crippen molar-refractivity contribution in [1.82, 2.24) is 25.5 Å². The molecule has 0 radical (unpaired) electrons. The van der Waals surface area contributed by atoms with Crippen LogP contribution in [-0.4, -0.2) is 60.2 Å². The van der Waals surface area contributed by atoms with Crippen molar-refractivity contribution in [2.75, 3.05) is 44.2 Å². The fourth-order valence-corrected chi connectivity index (χ4v) is 3.02. The molecule has 144 valence electrons. The SMILES string of the molecule is Cc1cc(CNC(=O)NCCN2CCN(c3ncccn3)CC2)ccc1F. The van der Waals surface area contributed by atoms with E-state index in [2.05, 4.69) is 30.4 Å². The van der Waals surface area contributed by atoms with E-state index >= 15 is 0 Å². The summed E-state index contributed by atoms with van der Waals surface area (Å²) in [5, 5.41) is 5.66. The van der Waals surface area contributed by atoms with Crippen molar-refractivity contribution < 1.29 is 9.18 Å². The van der Waals surface area contributed by atoms with Gasteiger partial charge in [0.15, 0.2) is 0 Å². The van der Waals surface area contributed by atoms with E-state index in [0.29, 0.717) is 18.7 Å². The van der Waals surface area contributed by atoms with Crippen molar-refractivity contribution in [2.45, 2.75) is 13.5 Å².